The van der Waals surface area contributed by atoms with Crippen LogP contribution in [0, 0.1) is 0 Å². The van der Waals surface area contributed by atoms with Crippen LogP contribution >= 0.6 is 0 Å². The Morgan fingerprint density at radius 2 is 1.92 bits per heavy atom. The first kappa shape index (κ1) is 19.7. The van der Waals surface area contributed by atoms with Gasteiger partial charge in [0.05, 0.1) is 5.57 Å². The molecule has 0 heterocycles. The third-order valence-electron chi connectivity index (χ3n) is 3.84. The van der Waals surface area contributed by atoms with E-state index in [0.29, 0.717) is 5.57 Å². The molecule has 0 aromatic rings. The predicted octanol–water partition coefficient (Wildman–Crippen LogP) is 4.21. The van der Waals surface area contributed by atoms with Gasteiger partial charge in [-0.1, -0.05) is 38.5 Å². The van der Waals surface area contributed by atoms with Gasteiger partial charge >= 0.3 is 11.9 Å². The number of esters is 2. The molecule has 4 heteroatoms. The van der Waals surface area contributed by atoms with Crippen molar-refractivity contribution in [3.05, 3.63) is 61.8 Å². The molecule has 0 atom stereocenters. The minimum atomic E-state index is -0.364. The second kappa shape index (κ2) is 9.71. The molecule has 1 fully saturated rings. The normalized spacial score (nSPS) is 17.1. The summed E-state index contributed by atoms with van der Waals surface area (Å²) in [5, 5.41) is 0. The van der Waals surface area contributed by atoms with E-state index in [1.165, 1.54) is 12.5 Å². The van der Waals surface area contributed by atoms with Crippen LogP contribution in [-0.4, -0.2) is 24.1 Å². The van der Waals surface area contributed by atoms with Gasteiger partial charge in [-0.15, -0.1) is 0 Å². The summed E-state index contributed by atoms with van der Waals surface area (Å²) in [5.41, 5.74) is 1.21. The summed E-state index contributed by atoms with van der Waals surface area (Å²) in [7, 11) is 0. The topological polar surface area (TPSA) is 52.6 Å². The summed E-state index contributed by atoms with van der Waals surface area (Å²) in [4.78, 5) is 22.0. The molecular formula is C20H26O4. The van der Waals surface area contributed by atoms with Crippen LogP contribution in [0.4, 0.5) is 0 Å². The average Bonchev–Trinajstić information content (AvgIpc) is 3.40. The largest absolute Gasteiger partial charge is 0.458 e. The standard InChI is InChI=1S/C12H16O2.C8H10O2/c1-3-9-14-12(13)10(2)11-7-5-4-6-8-11;1-3-7(9)10-8(4-2)5-6-8/h3,7H,1-2,4-6,8-9H2;3-4H,1-2,5-6H2. The summed E-state index contributed by atoms with van der Waals surface area (Å²) >= 11 is 0. The molecule has 0 amide bonds. The molecule has 0 saturated heterocycles. The second-order valence-electron chi connectivity index (χ2n) is 5.73. The van der Waals surface area contributed by atoms with Gasteiger partial charge in [0.15, 0.2) is 0 Å². The first-order valence-electron chi connectivity index (χ1n) is 8.13. The Morgan fingerprint density at radius 3 is 2.38 bits per heavy atom. The molecule has 1 saturated carbocycles. The fourth-order valence-electron chi connectivity index (χ4n) is 2.18. The lowest BCUT2D eigenvalue weighted by Crippen LogP contribution is -2.14. The molecule has 130 valence electrons. The number of rotatable bonds is 7. The highest BCUT2D eigenvalue weighted by Crippen LogP contribution is 2.40. The smallest absolute Gasteiger partial charge is 0.338 e. The lowest BCUT2D eigenvalue weighted by Gasteiger charge is -2.13. The Balaban J connectivity index is 0.000000254. The average molecular weight is 330 g/mol. The van der Waals surface area contributed by atoms with Gasteiger partial charge in [0, 0.05) is 6.08 Å². The molecule has 0 radical (unpaired) electrons. The number of hydrogen-bond donors (Lipinski definition) is 0. The van der Waals surface area contributed by atoms with Crippen molar-refractivity contribution in [1.82, 2.24) is 0 Å². The van der Waals surface area contributed by atoms with Gasteiger partial charge in [0.1, 0.15) is 12.2 Å². The van der Waals surface area contributed by atoms with Crippen LogP contribution in [0.5, 0.6) is 0 Å². The van der Waals surface area contributed by atoms with E-state index in [1.54, 1.807) is 12.2 Å². The van der Waals surface area contributed by atoms with Crippen LogP contribution < -0.4 is 0 Å². The zero-order valence-corrected chi connectivity index (χ0v) is 14.2. The zero-order valence-electron chi connectivity index (χ0n) is 14.2. The van der Waals surface area contributed by atoms with Crippen molar-refractivity contribution in [2.75, 3.05) is 6.61 Å². The van der Waals surface area contributed by atoms with Crippen LogP contribution in [-0.2, 0) is 19.1 Å². The number of ether oxygens (including phenoxy) is 2. The van der Waals surface area contributed by atoms with Gasteiger partial charge in [-0.3, -0.25) is 0 Å². The van der Waals surface area contributed by atoms with Gasteiger partial charge in [-0.05, 0) is 50.2 Å². The molecule has 0 bridgehead atoms. The van der Waals surface area contributed by atoms with Crippen LogP contribution in [0.1, 0.15) is 38.5 Å². The molecule has 0 N–H and O–H groups in total. The summed E-state index contributed by atoms with van der Waals surface area (Å²) in [5.74, 6) is -0.685. The fraction of sp³-hybridized carbons (Fsp3) is 0.400. The summed E-state index contributed by atoms with van der Waals surface area (Å²) < 4.78 is 9.88. The van der Waals surface area contributed by atoms with E-state index in [9.17, 15) is 9.59 Å². The monoisotopic (exact) mass is 330 g/mol. The van der Waals surface area contributed by atoms with Crippen LogP contribution in [0.3, 0.4) is 0 Å². The number of carbonyl (C=O) groups is 2. The SMILES string of the molecule is C=CC(=O)OC1(C=C)CC1.C=CCOC(=O)C(=C)C1=CCCCC1. The molecule has 4 nitrogen and oxygen atoms in total. The van der Waals surface area contributed by atoms with Gasteiger partial charge < -0.3 is 9.47 Å². The molecule has 24 heavy (non-hydrogen) atoms. The van der Waals surface area contributed by atoms with Crippen molar-refractivity contribution < 1.29 is 19.1 Å². The lowest BCUT2D eigenvalue weighted by molar-refractivity contribution is -0.142. The van der Waals surface area contributed by atoms with Crippen LogP contribution in [0.25, 0.3) is 0 Å². The first-order valence-corrected chi connectivity index (χ1v) is 8.13. The maximum Gasteiger partial charge on any atom is 0.338 e. The minimum absolute atomic E-state index is 0.255. The summed E-state index contributed by atoms with van der Waals surface area (Å²) in [6.45, 7) is 14.4. The number of carbonyl (C=O) groups excluding carboxylic acids is 2. The third kappa shape index (κ3) is 6.41. The highest BCUT2D eigenvalue weighted by atomic mass is 16.6. The molecule has 0 aliphatic heterocycles. The Morgan fingerprint density at radius 1 is 1.21 bits per heavy atom. The zero-order chi connectivity index (χ0) is 18.0. The van der Waals surface area contributed by atoms with E-state index in [1.807, 2.05) is 0 Å². The highest BCUT2D eigenvalue weighted by molar-refractivity contribution is 5.92. The van der Waals surface area contributed by atoms with E-state index in [4.69, 9.17) is 9.47 Å². The van der Waals surface area contributed by atoms with Crippen molar-refractivity contribution in [2.45, 2.75) is 44.1 Å². The Labute approximate surface area is 144 Å². The fourth-order valence-corrected chi connectivity index (χ4v) is 2.18. The van der Waals surface area contributed by atoms with Crippen molar-refractivity contribution in [3.63, 3.8) is 0 Å². The van der Waals surface area contributed by atoms with Gasteiger partial charge in [0.2, 0.25) is 0 Å². The van der Waals surface area contributed by atoms with E-state index >= 15 is 0 Å². The maximum absolute atomic E-state index is 11.4. The summed E-state index contributed by atoms with van der Waals surface area (Å²) in [6, 6.07) is 0. The molecule has 0 spiro atoms. The van der Waals surface area contributed by atoms with Crippen molar-refractivity contribution in [1.29, 1.82) is 0 Å². The molecule has 0 unspecified atom stereocenters. The molecule has 2 rings (SSSR count). The maximum atomic E-state index is 11.4. The van der Waals surface area contributed by atoms with Crippen LogP contribution in [0.15, 0.2) is 61.8 Å². The summed E-state index contributed by atoms with van der Waals surface area (Å²) in [6.07, 6.45) is 12.6. The number of hydrogen-bond acceptors (Lipinski definition) is 4. The van der Waals surface area contributed by atoms with Crippen molar-refractivity contribution in [3.8, 4) is 0 Å². The molecule has 0 aromatic carbocycles. The predicted molar refractivity (Wildman–Crippen MR) is 95.3 cm³/mol. The van der Waals surface area contributed by atoms with Gasteiger partial charge in [-0.2, -0.15) is 0 Å². The lowest BCUT2D eigenvalue weighted by atomic mass is 9.94. The van der Waals surface area contributed by atoms with Crippen molar-refractivity contribution >= 4 is 11.9 Å². The first-order chi connectivity index (χ1) is 11.5. The third-order valence-corrected chi connectivity index (χ3v) is 3.84. The van der Waals surface area contributed by atoms with Gasteiger partial charge in [-0.25, -0.2) is 9.59 Å². The van der Waals surface area contributed by atoms with Gasteiger partial charge in [0.25, 0.3) is 0 Å². The van der Waals surface area contributed by atoms with E-state index in [0.717, 1.165) is 37.7 Å². The second-order valence-corrected chi connectivity index (χ2v) is 5.73. The minimum Gasteiger partial charge on any atom is -0.458 e. The molecule has 2 aliphatic rings. The Hall–Kier alpha value is -2.36. The van der Waals surface area contributed by atoms with Crippen molar-refractivity contribution in [2.24, 2.45) is 0 Å². The highest BCUT2D eigenvalue weighted by Gasteiger charge is 2.43. The van der Waals surface area contributed by atoms with Crippen LogP contribution in [0.2, 0.25) is 0 Å². The quantitative estimate of drug-likeness (QED) is 0.399. The molecule has 0 aromatic heterocycles. The van der Waals surface area contributed by atoms with E-state index in [2.05, 4.69) is 32.4 Å². The molecular weight excluding hydrogens is 304 g/mol. The van der Waals surface area contributed by atoms with E-state index in [-0.39, 0.29) is 24.1 Å². The Bertz CT molecular complexity index is 550. The Kier molecular flexibility index (Phi) is 7.96. The number of allylic oxidation sites excluding steroid dienone is 1. The molecule has 2 aliphatic carbocycles. The van der Waals surface area contributed by atoms with E-state index < -0.39 is 0 Å².